The Morgan fingerprint density at radius 1 is 1.20 bits per heavy atom. The van der Waals surface area contributed by atoms with Crippen molar-refractivity contribution < 1.29 is 0 Å². The van der Waals surface area contributed by atoms with Crippen LogP contribution in [0.2, 0.25) is 0 Å². The van der Waals surface area contributed by atoms with Crippen LogP contribution in [-0.2, 0) is 0 Å². The zero-order valence-electron chi connectivity index (χ0n) is 12.9. The van der Waals surface area contributed by atoms with Crippen molar-refractivity contribution in [2.24, 2.45) is 0 Å². The predicted molar refractivity (Wildman–Crippen MR) is 91.4 cm³/mol. The Kier molecular flexibility index (Phi) is 5.41. The minimum atomic E-state index is 0.600. The van der Waals surface area contributed by atoms with Crippen LogP contribution >= 0.6 is 12.2 Å². The normalized spacial score (nSPS) is 19.6. The Morgan fingerprint density at radius 3 is 2.55 bits per heavy atom. The Balaban J connectivity index is 2.09. The summed E-state index contributed by atoms with van der Waals surface area (Å²) in [5, 5.41) is 4.34. The second kappa shape index (κ2) is 7.07. The van der Waals surface area contributed by atoms with E-state index < -0.39 is 0 Å². The molecular formula is C17H26N2S. The van der Waals surface area contributed by atoms with E-state index in [1.807, 2.05) is 0 Å². The average molecular weight is 290 g/mol. The third-order valence-corrected chi connectivity index (χ3v) is 4.42. The molecule has 110 valence electrons. The van der Waals surface area contributed by atoms with Crippen molar-refractivity contribution in [3.63, 3.8) is 0 Å². The topological polar surface area (TPSA) is 15.3 Å². The fourth-order valence-corrected chi connectivity index (χ4v) is 3.47. The third kappa shape index (κ3) is 3.95. The first-order chi connectivity index (χ1) is 9.60. The average Bonchev–Trinajstić information content (AvgIpc) is 2.62. The van der Waals surface area contributed by atoms with E-state index in [9.17, 15) is 0 Å². The van der Waals surface area contributed by atoms with E-state index in [1.165, 1.54) is 43.2 Å². The molecule has 0 saturated carbocycles. The number of hydrogen-bond acceptors (Lipinski definition) is 1. The molecule has 0 radical (unpaired) electrons. The molecule has 1 aliphatic heterocycles. The van der Waals surface area contributed by atoms with E-state index in [0.29, 0.717) is 6.04 Å². The molecule has 2 nitrogen and oxygen atoms in total. The Hall–Kier alpha value is -1.09. The molecule has 1 aliphatic rings. The van der Waals surface area contributed by atoms with Gasteiger partial charge in [-0.25, -0.2) is 0 Å². The summed E-state index contributed by atoms with van der Waals surface area (Å²) >= 11 is 5.66. The Bertz CT molecular complexity index is 450. The summed E-state index contributed by atoms with van der Waals surface area (Å²) in [6.07, 6.45) is 6.37. The van der Waals surface area contributed by atoms with Crippen LogP contribution in [0.1, 0.15) is 50.2 Å². The molecule has 1 fully saturated rings. The maximum Gasteiger partial charge on any atom is 0.173 e. The summed E-state index contributed by atoms with van der Waals surface area (Å²) < 4.78 is 0. The van der Waals surface area contributed by atoms with Gasteiger partial charge in [0, 0.05) is 18.3 Å². The lowest BCUT2D eigenvalue weighted by molar-refractivity contribution is 0.311. The second-order valence-electron chi connectivity index (χ2n) is 5.91. The van der Waals surface area contributed by atoms with Crippen molar-refractivity contribution >= 4 is 23.0 Å². The van der Waals surface area contributed by atoms with Gasteiger partial charge in [0.05, 0.1) is 0 Å². The van der Waals surface area contributed by atoms with Gasteiger partial charge in [0.25, 0.3) is 0 Å². The molecule has 1 heterocycles. The first kappa shape index (κ1) is 15.3. The van der Waals surface area contributed by atoms with Crippen molar-refractivity contribution in [2.45, 2.75) is 58.9 Å². The molecule has 1 atom stereocenters. The molecule has 1 N–H and O–H groups in total. The molecule has 1 unspecified atom stereocenters. The third-order valence-electron chi connectivity index (χ3n) is 4.08. The van der Waals surface area contributed by atoms with Crippen LogP contribution in [0.3, 0.4) is 0 Å². The number of likely N-dealkylation sites (tertiary alicyclic amines) is 1. The Labute approximate surface area is 128 Å². The number of anilines is 1. The van der Waals surface area contributed by atoms with Gasteiger partial charge >= 0.3 is 0 Å². The van der Waals surface area contributed by atoms with Gasteiger partial charge in [0.15, 0.2) is 5.11 Å². The number of thiocarbonyl (C=S) groups is 1. The molecule has 1 aromatic carbocycles. The highest BCUT2D eigenvalue weighted by atomic mass is 32.1. The first-order valence-electron chi connectivity index (χ1n) is 7.76. The molecule has 0 aromatic heterocycles. The zero-order valence-corrected chi connectivity index (χ0v) is 13.7. The summed E-state index contributed by atoms with van der Waals surface area (Å²) in [7, 11) is 0. The number of nitrogens with zero attached hydrogens (tertiary/aromatic N) is 1. The summed E-state index contributed by atoms with van der Waals surface area (Å²) in [5.41, 5.74) is 3.67. The van der Waals surface area contributed by atoms with Gasteiger partial charge in [-0.1, -0.05) is 25.8 Å². The second-order valence-corrected chi connectivity index (χ2v) is 6.30. The van der Waals surface area contributed by atoms with Crippen LogP contribution in [0.25, 0.3) is 0 Å². The molecule has 2 rings (SSSR count). The summed E-state index contributed by atoms with van der Waals surface area (Å²) in [6, 6.07) is 7.12. The molecule has 20 heavy (non-hydrogen) atoms. The fraction of sp³-hybridized carbons (Fsp3) is 0.588. The van der Waals surface area contributed by atoms with Crippen LogP contribution in [0.5, 0.6) is 0 Å². The van der Waals surface area contributed by atoms with Crippen molar-refractivity contribution in [1.29, 1.82) is 0 Å². The van der Waals surface area contributed by atoms with Crippen LogP contribution in [0, 0.1) is 13.8 Å². The van der Waals surface area contributed by atoms with Gasteiger partial charge in [-0.2, -0.15) is 0 Å². The molecule has 0 spiro atoms. The van der Waals surface area contributed by atoms with Crippen molar-refractivity contribution in [3.8, 4) is 0 Å². The van der Waals surface area contributed by atoms with E-state index in [2.05, 4.69) is 49.2 Å². The van der Waals surface area contributed by atoms with E-state index in [0.717, 1.165) is 17.3 Å². The van der Waals surface area contributed by atoms with Crippen molar-refractivity contribution in [2.75, 3.05) is 11.9 Å². The molecular weight excluding hydrogens is 264 g/mol. The minimum Gasteiger partial charge on any atom is -0.346 e. The standard InChI is InChI=1S/C17H26N2S/c1-4-16-8-6-5-7-9-19(16)17(20)18-15-11-13(2)10-14(3)12-15/h10-12,16H,4-9H2,1-3H3,(H,18,20). The zero-order chi connectivity index (χ0) is 14.5. The van der Waals surface area contributed by atoms with Gasteiger partial charge in [-0.15, -0.1) is 0 Å². The highest BCUT2D eigenvalue weighted by Gasteiger charge is 2.21. The lowest BCUT2D eigenvalue weighted by Gasteiger charge is -2.32. The SMILES string of the molecule is CCC1CCCCCN1C(=S)Nc1cc(C)cc(C)c1. The van der Waals surface area contributed by atoms with Gasteiger partial charge < -0.3 is 10.2 Å². The van der Waals surface area contributed by atoms with Gasteiger partial charge in [-0.05, 0) is 68.6 Å². The van der Waals surface area contributed by atoms with E-state index >= 15 is 0 Å². The van der Waals surface area contributed by atoms with Gasteiger partial charge in [-0.3, -0.25) is 0 Å². The maximum absolute atomic E-state index is 5.66. The monoisotopic (exact) mass is 290 g/mol. The van der Waals surface area contributed by atoms with Crippen molar-refractivity contribution in [3.05, 3.63) is 29.3 Å². The van der Waals surface area contributed by atoms with Crippen LogP contribution in [0.4, 0.5) is 5.69 Å². The largest absolute Gasteiger partial charge is 0.346 e. The maximum atomic E-state index is 5.66. The summed E-state index contributed by atoms with van der Waals surface area (Å²) in [6.45, 7) is 7.61. The van der Waals surface area contributed by atoms with E-state index in [-0.39, 0.29) is 0 Å². The Morgan fingerprint density at radius 2 is 1.90 bits per heavy atom. The molecule has 0 bridgehead atoms. The molecule has 1 saturated heterocycles. The molecule has 0 aliphatic carbocycles. The number of hydrogen-bond donors (Lipinski definition) is 1. The lowest BCUT2D eigenvalue weighted by Crippen LogP contribution is -2.42. The highest BCUT2D eigenvalue weighted by molar-refractivity contribution is 7.80. The molecule has 3 heteroatoms. The lowest BCUT2D eigenvalue weighted by atomic mass is 10.1. The smallest absolute Gasteiger partial charge is 0.173 e. The number of benzene rings is 1. The van der Waals surface area contributed by atoms with Crippen LogP contribution < -0.4 is 5.32 Å². The number of aryl methyl sites for hydroxylation is 2. The highest BCUT2D eigenvalue weighted by Crippen LogP contribution is 2.21. The first-order valence-corrected chi connectivity index (χ1v) is 8.17. The quantitative estimate of drug-likeness (QED) is 0.798. The molecule has 0 amide bonds. The molecule has 1 aromatic rings. The number of nitrogens with one attached hydrogen (secondary N) is 1. The van der Waals surface area contributed by atoms with E-state index in [1.54, 1.807) is 0 Å². The predicted octanol–water partition coefficient (Wildman–Crippen LogP) is 4.65. The van der Waals surface area contributed by atoms with Crippen LogP contribution in [0.15, 0.2) is 18.2 Å². The van der Waals surface area contributed by atoms with Crippen LogP contribution in [-0.4, -0.2) is 22.6 Å². The summed E-state index contributed by atoms with van der Waals surface area (Å²) in [4.78, 5) is 2.40. The number of rotatable bonds is 2. The van der Waals surface area contributed by atoms with Gasteiger partial charge in [0.2, 0.25) is 0 Å². The minimum absolute atomic E-state index is 0.600. The summed E-state index contributed by atoms with van der Waals surface area (Å²) in [5.74, 6) is 0. The van der Waals surface area contributed by atoms with Crippen molar-refractivity contribution in [1.82, 2.24) is 4.90 Å². The van der Waals surface area contributed by atoms with Gasteiger partial charge in [0.1, 0.15) is 0 Å². The fourth-order valence-electron chi connectivity index (χ4n) is 3.11. The van der Waals surface area contributed by atoms with E-state index in [4.69, 9.17) is 12.2 Å².